The number of aliphatic hydroxyl groups excluding tert-OH is 3. The van der Waals surface area contributed by atoms with Crippen LogP contribution in [-0.4, -0.2) is 58.7 Å². The SMILES string of the molecule is CCCCCCCCC(O)CN(CCO)CC(C)O. The lowest BCUT2D eigenvalue weighted by Gasteiger charge is -2.25. The second-order valence-corrected chi connectivity index (χ2v) is 5.54. The molecule has 0 saturated carbocycles. The first-order valence-corrected chi connectivity index (χ1v) is 7.79. The summed E-state index contributed by atoms with van der Waals surface area (Å²) in [4.78, 5) is 1.92. The molecule has 2 atom stereocenters. The van der Waals surface area contributed by atoms with Gasteiger partial charge in [0.05, 0.1) is 18.8 Å². The summed E-state index contributed by atoms with van der Waals surface area (Å²) >= 11 is 0. The minimum Gasteiger partial charge on any atom is -0.395 e. The maximum absolute atomic E-state index is 9.96. The normalized spacial score (nSPS) is 14.8. The van der Waals surface area contributed by atoms with E-state index >= 15 is 0 Å². The molecule has 0 radical (unpaired) electrons. The maximum Gasteiger partial charge on any atom is 0.0667 e. The van der Waals surface area contributed by atoms with E-state index in [1.165, 1.54) is 32.1 Å². The summed E-state index contributed by atoms with van der Waals surface area (Å²) in [5.41, 5.74) is 0. The van der Waals surface area contributed by atoms with Crippen molar-refractivity contribution in [1.82, 2.24) is 4.90 Å². The molecule has 0 fully saturated rings. The minimum atomic E-state index is -0.423. The minimum absolute atomic E-state index is 0.0659. The van der Waals surface area contributed by atoms with Crippen molar-refractivity contribution in [2.75, 3.05) is 26.2 Å². The number of hydrogen-bond acceptors (Lipinski definition) is 4. The van der Waals surface area contributed by atoms with E-state index < -0.39 is 6.10 Å². The first-order chi connectivity index (χ1) is 9.10. The Morgan fingerprint density at radius 2 is 1.58 bits per heavy atom. The van der Waals surface area contributed by atoms with Gasteiger partial charge in [-0.15, -0.1) is 0 Å². The first-order valence-electron chi connectivity index (χ1n) is 7.79. The van der Waals surface area contributed by atoms with Gasteiger partial charge >= 0.3 is 0 Å². The molecule has 4 nitrogen and oxygen atoms in total. The van der Waals surface area contributed by atoms with Gasteiger partial charge in [0.25, 0.3) is 0 Å². The van der Waals surface area contributed by atoms with Crippen LogP contribution in [0.1, 0.15) is 58.8 Å². The average Bonchev–Trinajstić information content (AvgIpc) is 2.33. The smallest absolute Gasteiger partial charge is 0.0667 e. The van der Waals surface area contributed by atoms with E-state index in [0.29, 0.717) is 19.6 Å². The van der Waals surface area contributed by atoms with Crippen LogP contribution in [0.4, 0.5) is 0 Å². The predicted octanol–water partition coefficient (Wildman–Crippen LogP) is 1.77. The van der Waals surface area contributed by atoms with Crippen LogP contribution < -0.4 is 0 Å². The van der Waals surface area contributed by atoms with Gasteiger partial charge < -0.3 is 15.3 Å². The van der Waals surface area contributed by atoms with Crippen LogP contribution in [0.25, 0.3) is 0 Å². The fourth-order valence-electron chi connectivity index (χ4n) is 2.32. The predicted molar refractivity (Wildman–Crippen MR) is 79.2 cm³/mol. The van der Waals surface area contributed by atoms with Gasteiger partial charge in [0, 0.05) is 19.6 Å². The lowest BCUT2D eigenvalue weighted by molar-refractivity contribution is 0.0611. The molecule has 0 bridgehead atoms. The van der Waals surface area contributed by atoms with Gasteiger partial charge in [-0.25, -0.2) is 0 Å². The van der Waals surface area contributed by atoms with E-state index in [9.17, 15) is 10.2 Å². The van der Waals surface area contributed by atoms with Crippen molar-refractivity contribution in [3.8, 4) is 0 Å². The molecule has 0 aliphatic heterocycles. The summed E-state index contributed by atoms with van der Waals surface area (Å²) in [5, 5.41) is 28.3. The Morgan fingerprint density at radius 1 is 0.947 bits per heavy atom. The quantitative estimate of drug-likeness (QED) is 0.448. The number of aliphatic hydroxyl groups is 3. The highest BCUT2D eigenvalue weighted by Crippen LogP contribution is 2.09. The van der Waals surface area contributed by atoms with Crippen molar-refractivity contribution in [1.29, 1.82) is 0 Å². The van der Waals surface area contributed by atoms with Crippen molar-refractivity contribution >= 4 is 0 Å². The molecule has 0 aromatic carbocycles. The Balaban J connectivity index is 3.65. The van der Waals surface area contributed by atoms with E-state index in [1.807, 2.05) is 4.90 Å². The van der Waals surface area contributed by atoms with E-state index in [0.717, 1.165) is 12.8 Å². The summed E-state index contributed by atoms with van der Waals surface area (Å²) < 4.78 is 0. The van der Waals surface area contributed by atoms with Crippen molar-refractivity contribution in [3.05, 3.63) is 0 Å². The third kappa shape index (κ3) is 12.6. The largest absolute Gasteiger partial charge is 0.395 e. The van der Waals surface area contributed by atoms with E-state index in [4.69, 9.17) is 5.11 Å². The van der Waals surface area contributed by atoms with Crippen LogP contribution in [0.5, 0.6) is 0 Å². The zero-order valence-corrected chi connectivity index (χ0v) is 12.7. The molecule has 4 heteroatoms. The van der Waals surface area contributed by atoms with Gasteiger partial charge in [-0.1, -0.05) is 45.4 Å². The fraction of sp³-hybridized carbons (Fsp3) is 1.00. The molecule has 0 aliphatic rings. The summed E-state index contributed by atoms with van der Waals surface area (Å²) in [6, 6.07) is 0. The van der Waals surface area contributed by atoms with Crippen molar-refractivity contribution in [2.45, 2.75) is 71.0 Å². The highest BCUT2D eigenvalue weighted by Gasteiger charge is 2.13. The molecule has 0 saturated heterocycles. The van der Waals surface area contributed by atoms with Gasteiger partial charge in [0.1, 0.15) is 0 Å². The van der Waals surface area contributed by atoms with Crippen LogP contribution in [0.2, 0.25) is 0 Å². The zero-order valence-electron chi connectivity index (χ0n) is 12.7. The van der Waals surface area contributed by atoms with Crippen LogP contribution >= 0.6 is 0 Å². The van der Waals surface area contributed by atoms with Crippen LogP contribution in [-0.2, 0) is 0 Å². The molecule has 0 heterocycles. The number of rotatable bonds is 13. The zero-order chi connectivity index (χ0) is 14.5. The van der Waals surface area contributed by atoms with Crippen LogP contribution in [0, 0.1) is 0 Å². The number of nitrogens with zero attached hydrogens (tertiary/aromatic N) is 1. The van der Waals surface area contributed by atoms with E-state index in [1.54, 1.807) is 6.92 Å². The monoisotopic (exact) mass is 275 g/mol. The molecule has 116 valence electrons. The number of hydrogen-bond donors (Lipinski definition) is 3. The molecule has 2 unspecified atom stereocenters. The molecule has 0 amide bonds. The molecular weight excluding hydrogens is 242 g/mol. The lowest BCUT2D eigenvalue weighted by Crippen LogP contribution is -2.38. The highest BCUT2D eigenvalue weighted by atomic mass is 16.3. The van der Waals surface area contributed by atoms with Gasteiger partial charge in [0.2, 0.25) is 0 Å². The Morgan fingerprint density at radius 3 is 2.16 bits per heavy atom. The van der Waals surface area contributed by atoms with Gasteiger partial charge in [-0.05, 0) is 13.3 Å². The van der Waals surface area contributed by atoms with Crippen LogP contribution in [0.15, 0.2) is 0 Å². The second kappa shape index (κ2) is 12.9. The maximum atomic E-state index is 9.96. The molecule has 3 N–H and O–H groups in total. The van der Waals surface area contributed by atoms with Crippen molar-refractivity contribution in [3.63, 3.8) is 0 Å². The van der Waals surface area contributed by atoms with Crippen molar-refractivity contribution < 1.29 is 15.3 Å². The van der Waals surface area contributed by atoms with Crippen molar-refractivity contribution in [2.24, 2.45) is 0 Å². The molecule has 0 aliphatic carbocycles. The standard InChI is InChI=1S/C15H33NO3/c1-3-4-5-6-7-8-9-15(19)13-16(10-11-17)12-14(2)18/h14-15,17-19H,3-13H2,1-2H3. The van der Waals surface area contributed by atoms with Gasteiger partial charge in [-0.2, -0.15) is 0 Å². The Labute approximate surface area is 118 Å². The second-order valence-electron chi connectivity index (χ2n) is 5.54. The number of unbranched alkanes of at least 4 members (excludes halogenated alkanes) is 5. The lowest BCUT2D eigenvalue weighted by atomic mass is 10.1. The molecule has 0 aromatic heterocycles. The molecular formula is C15H33NO3. The third-order valence-corrected chi connectivity index (χ3v) is 3.30. The summed E-state index contributed by atoms with van der Waals surface area (Å²) in [6.45, 7) is 5.57. The Bertz CT molecular complexity index is 188. The first kappa shape index (κ1) is 18.8. The van der Waals surface area contributed by atoms with Gasteiger partial charge in [-0.3, -0.25) is 4.90 Å². The summed E-state index contributed by atoms with van der Waals surface area (Å²) in [7, 11) is 0. The fourth-order valence-corrected chi connectivity index (χ4v) is 2.32. The average molecular weight is 275 g/mol. The molecule has 0 aromatic rings. The van der Waals surface area contributed by atoms with E-state index in [2.05, 4.69) is 6.92 Å². The summed E-state index contributed by atoms with van der Waals surface area (Å²) in [5.74, 6) is 0. The molecule has 0 rings (SSSR count). The topological polar surface area (TPSA) is 63.9 Å². The van der Waals surface area contributed by atoms with E-state index in [-0.39, 0.29) is 12.7 Å². The molecule has 0 spiro atoms. The van der Waals surface area contributed by atoms with Gasteiger partial charge in [0.15, 0.2) is 0 Å². The Kier molecular flexibility index (Phi) is 12.7. The Hall–Kier alpha value is -0.160. The highest BCUT2D eigenvalue weighted by molar-refractivity contribution is 4.67. The van der Waals surface area contributed by atoms with Crippen LogP contribution in [0.3, 0.4) is 0 Å². The third-order valence-electron chi connectivity index (χ3n) is 3.30. The molecule has 19 heavy (non-hydrogen) atoms. The summed E-state index contributed by atoms with van der Waals surface area (Å²) in [6.07, 6.45) is 7.41.